The molecule has 15 aromatic rings. The van der Waals surface area contributed by atoms with E-state index < -0.39 is 0 Å². The molecule has 26 heteroatoms. The highest BCUT2D eigenvalue weighted by Crippen LogP contribution is 2.33. The van der Waals surface area contributed by atoms with Crippen LogP contribution >= 0.6 is 58.0 Å². The van der Waals surface area contributed by atoms with Crippen LogP contribution in [0.15, 0.2) is 232 Å². The number of piperidine rings is 1. The van der Waals surface area contributed by atoms with Crippen LogP contribution in [0.2, 0.25) is 25.1 Å². The molecule has 12 heterocycles. The Balaban J connectivity index is 0.000000120. The molecule has 2 saturated heterocycles. The van der Waals surface area contributed by atoms with E-state index in [4.69, 9.17) is 82.6 Å². The highest BCUT2D eigenvalue weighted by molar-refractivity contribution is 6.32. The third-order valence-electron chi connectivity index (χ3n) is 18.9. The van der Waals surface area contributed by atoms with Gasteiger partial charge in [0, 0.05) is 219 Å². The SMILES string of the molecule is CN(C)c1nc(-c2ccc(Cl)cc2)c2cnccn12.COCCN(C)c1nc(-c2ccc(Cl)cc2)c2cnccn12.Clc1ccc(-n2cc(CN3CCOCC3)c3ccncc32)cc1.OC1CCN(Cc2cn(-c3ccc(Cl)cc3)c3cnccc23)CC1.OCCNCc1cn(-c2ccc(Cl)cc2)c2cnccc12. The van der Waals surface area contributed by atoms with E-state index >= 15 is 0 Å². The number of aliphatic hydroxyl groups is 2. The van der Waals surface area contributed by atoms with Crippen molar-refractivity contribution in [1.29, 1.82) is 0 Å². The van der Waals surface area contributed by atoms with Crippen molar-refractivity contribution in [3.63, 3.8) is 0 Å². The van der Waals surface area contributed by atoms with E-state index in [1.54, 1.807) is 25.7 Å². The van der Waals surface area contributed by atoms with E-state index in [1.807, 2.05) is 218 Å². The molecule has 0 radical (unpaired) electrons. The van der Waals surface area contributed by atoms with Crippen molar-refractivity contribution in [2.24, 2.45) is 0 Å². The fourth-order valence-corrected chi connectivity index (χ4v) is 13.9. The Hall–Kier alpha value is -9.82. The Labute approximate surface area is 657 Å². The third kappa shape index (κ3) is 19.1. The van der Waals surface area contributed by atoms with Crippen LogP contribution in [-0.4, -0.2) is 177 Å². The molecule has 0 aliphatic carbocycles. The number of aromatic nitrogens is 12. The van der Waals surface area contributed by atoms with Gasteiger partial charge in [0.2, 0.25) is 11.9 Å². The number of likely N-dealkylation sites (N-methyl/N-ethyl adjacent to an activating group) is 1. The van der Waals surface area contributed by atoms with Crippen LogP contribution < -0.4 is 15.1 Å². The molecular formula is C83H84Cl5N17O4. The summed E-state index contributed by atoms with van der Waals surface area (Å²) in [7, 11) is 7.64. The predicted molar refractivity (Wildman–Crippen MR) is 440 cm³/mol. The van der Waals surface area contributed by atoms with Crippen LogP contribution in [0, 0.1) is 0 Å². The van der Waals surface area contributed by atoms with Gasteiger partial charge in [0.1, 0.15) is 0 Å². The molecule has 2 aliphatic rings. The summed E-state index contributed by atoms with van der Waals surface area (Å²) in [5.74, 6) is 1.74. The van der Waals surface area contributed by atoms with Gasteiger partial charge in [-0.2, -0.15) is 0 Å². The zero-order chi connectivity index (χ0) is 75.8. The van der Waals surface area contributed by atoms with Crippen molar-refractivity contribution in [3.05, 3.63) is 274 Å². The number of pyridine rings is 3. The first-order chi connectivity index (χ1) is 53.2. The van der Waals surface area contributed by atoms with Gasteiger partial charge < -0.3 is 48.5 Å². The number of rotatable bonds is 18. The lowest BCUT2D eigenvalue weighted by molar-refractivity contribution is 0.0343. The lowest BCUT2D eigenvalue weighted by atomic mass is 10.1. The number of anilines is 2. The monoisotopic (exact) mass is 1560 g/mol. The van der Waals surface area contributed by atoms with Gasteiger partial charge in [0.05, 0.1) is 102 Å². The van der Waals surface area contributed by atoms with Crippen molar-refractivity contribution in [2.75, 3.05) is 104 Å². The van der Waals surface area contributed by atoms with Crippen LogP contribution in [0.5, 0.6) is 0 Å². The minimum atomic E-state index is -0.138. The van der Waals surface area contributed by atoms with Gasteiger partial charge in [0.15, 0.2) is 0 Å². The Kier molecular flexibility index (Phi) is 26.3. The fraction of sp³-hybridized carbons (Fsp3) is 0.241. The van der Waals surface area contributed by atoms with Crippen LogP contribution in [0.3, 0.4) is 0 Å². The molecule has 17 rings (SSSR count). The lowest BCUT2D eigenvalue weighted by Gasteiger charge is -2.29. The molecule has 2 aliphatic heterocycles. The first-order valence-electron chi connectivity index (χ1n) is 35.8. The second kappa shape index (κ2) is 37.1. The number of ether oxygens (including phenoxy) is 2. The number of hydrogen-bond donors (Lipinski definition) is 3. The van der Waals surface area contributed by atoms with E-state index in [0.717, 1.165) is 176 Å². The summed E-state index contributed by atoms with van der Waals surface area (Å²) in [6, 6.07) is 45.0. The Morgan fingerprint density at radius 2 is 0.853 bits per heavy atom. The van der Waals surface area contributed by atoms with Crippen molar-refractivity contribution in [2.45, 2.75) is 38.6 Å². The molecule has 560 valence electrons. The van der Waals surface area contributed by atoms with Crippen molar-refractivity contribution < 1.29 is 19.7 Å². The van der Waals surface area contributed by atoms with Crippen molar-refractivity contribution in [3.8, 4) is 39.6 Å². The maximum atomic E-state index is 9.69. The molecule has 21 nitrogen and oxygen atoms in total. The summed E-state index contributed by atoms with van der Waals surface area (Å²) in [6.45, 7) is 10.2. The van der Waals surface area contributed by atoms with Gasteiger partial charge >= 0.3 is 0 Å². The first kappa shape index (κ1) is 77.3. The van der Waals surface area contributed by atoms with E-state index in [1.165, 1.54) is 27.5 Å². The Bertz CT molecular complexity index is 5430. The average Bonchev–Trinajstić information content (AvgIpc) is 1.67. The van der Waals surface area contributed by atoms with Gasteiger partial charge in [-0.1, -0.05) is 82.3 Å². The minimum absolute atomic E-state index is 0.136. The highest BCUT2D eigenvalue weighted by atomic mass is 35.5. The molecule has 2 fully saturated rings. The van der Waals surface area contributed by atoms with Crippen LogP contribution in [0.1, 0.15) is 29.5 Å². The number of methoxy groups -OCH3 is 1. The largest absolute Gasteiger partial charge is 0.395 e. The van der Waals surface area contributed by atoms with E-state index in [9.17, 15) is 5.11 Å². The topological polar surface area (TPSA) is 198 Å². The summed E-state index contributed by atoms with van der Waals surface area (Å²) in [5.41, 5.74) is 16.1. The molecule has 10 aromatic heterocycles. The summed E-state index contributed by atoms with van der Waals surface area (Å²) in [5, 5.41) is 29.1. The average molecular weight is 1560 g/mol. The molecule has 0 unspecified atom stereocenters. The molecular weight excluding hydrogens is 1480 g/mol. The number of morpholine rings is 1. The van der Waals surface area contributed by atoms with Crippen LogP contribution in [0.25, 0.3) is 83.3 Å². The van der Waals surface area contributed by atoms with E-state index in [2.05, 4.69) is 89.4 Å². The summed E-state index contributed by atoms with van der Waals surface area (Å²) < 4.78 is 21.1. The normalized spacial score (nSPS) is 13.3. The molecule has 0 amide bonds. The number of hydrogen-bond acceptors (Lipinski definition) is 16. The molecule has 5 aromatic carbocycles. The van der Waals surface area contributed by atoms with Crippen LogP contribution in [0.4, 0.5) is 11.9 Å². The second-order valence-corrected chi connectivity index (χ2v) is 28.7. The number of benzene rings is 5. The standard InChI is InChI=1S/C19H20ClN3O.C18H18ClN3O.C16H17ClN4O.C16H16ClN3O.C14H13ClN4/c20-15-1-3-16(4-2-15)23-13-14(18-5-8-21-11-19(18)23)12-22-9-6-17(24)7-10-22;19-15-1-3-16(4-2-15)22-13-14(12-21-7-9-23-10-8-21)17-5-6-20-11-18(17)22;1-20(9-10-22-2)16-19-15(12-3-5-13(17)6-4-12)14-11-18-7-8-21(14)16;17-13-1-3-14(4-2-13)20-11-12(9-19-7-8-21)15-5-6-18-10-16(15)20;1-18(2)14-17-13(10-3-5-11(15)6-4-10)12-9-16-7-8-19(12)14/h1-5,8,11,13,17,24H,6-7,9-10,12H2;1-6,11,13H,7-10,12H2;3-8,11H,9-10H2,1-2H3;1-6,10-11,19,21H,7-9H2;3-9H,1-2H3. The van der Waals surface area contributed by atoms with Gasteiger partial charge in [-0.05, 0) is 145 Å². The number of likely N-dealkylation sites (tertiary alicyclic amines) is 1. The molecule has 0 atom stereocenters. The maximum absolute atomic E-state index is 9.69. The molecule has 0 saturated carbocycles. The minimum Gasteiger partial charge on any atom is -0.395 e. The summed E-state index contributed by atoms with van der Waals surface area (Å²) >= 11 is 29.9. The highest BCUT2D eigenvalue weighted by Gasteiger charge is 2.22. The lowest BCUT2D eigenvalue weighted by Crippen LogP contribution is -2.35. The Morgan fingerprint density at radius 1 is 0.477 bits per heavy atom. The van der Waals surface area contributed by atoms with Crippen molar-refractivity contribution in [1.82, 2.24) is 72.5 Å². The number of nitrogens with zero attached hydrogens (tertiary/aromatic N) is 16. The fourth-order valence-electron chi connectivity index (χ4n) is 13.3. The van der Waals surface area contributed by atoms with Gasteiger partial charge in [-0.3, -0.25) is 43.5 Å². The van der Waals surface area contributed by atoms with E-state index in [0.29, 0.717) is 24.7 Å². The van der Waals surface area contributed by atoms with Gasteiger partial charge in [-0.15, -0.1) is 0 Å². The molecule has 109 heavy (non-hydrogen) atoms. The molecule has 3 N–H and O–H groups in total. The summed E-state index contributed by atoms with van der Waals surface area (Å²) in [4.78, 5) is 39.6. The number of fused-ring (bicyclic) bond motifs is 5. The molecule has 0 bridgehead atoms. The smallest absolute Gasteiger partial charge is 0.210 e. The zero-order valence-corrected chi connectivity index (χ0v) is 64.7. The quantitative estimate of drug-likeness (QED) is 0.0685. The second-order valence-electron chi connectivity index (χ2n) is 26.5. The maximum Gasteiger partial charge on any atom is 0.210 e. The number of imidazole rings is 2. The number of nitrogens with one attached hydrogen (secondary N) is 1. The van der Waals surface area contributed by atoms with Crippen LogP contribution in [-0.2, 0) is 29.1 Å². The van der Waals surface area contributed by atoms with Gasteiger partial charge in [0.25, 0.3) is 0 Å². The van der Waals surface area contributed by atoms with Crippen molar-refractivity contribution >= 4 is 114 Å². The summed E-state index contributed by atoms with van der Waals surface area (Å²) in [6.07, 6.45) is 30.3. The third-order valence-corrected chi connectivity index (χ3v) is 20.2. The predicted octanol–water partition coefficient (Wildman–Crippen LogP) is 16.2. The number of halogens is 5. The number of aliphatic hydroxyl groups excluding tert-OH is 2. The first-order valence-corrected chi connectivity index (χ1v) is 37.7. The van der Waals surface area contributed by atoms with E-state index in [-0.39, 0.29) is 12.7 Å². The van der Waals surface area contributed by atoms with Gasteiger partial charge in [-0.25, -0.2) is 9.97 Å². The Morgan fingerprint density at radius 3 is 1.28 bits per heavy atom. The zero-order valence-electron chi connectivity index (χ0n) is 60.9. The molecule has 0 spiro atoms.